The van der Waals surface area contributed by atoms with Gasteiger partial charge in [-0.25, -0.2) is 0 Å². The molecule has 0 radical (unpaired) electrons. The molecule has 2 saturated heterocycles. The van der Waals surface area contributed by atoms with Crippen molar-refractivity contribution in [1.82, 2.24) is 5.32 Å². The lowest BCUT2D eigenvalue weighted by Crippen LogP contribution is -2.44. The van der Waals surface area contributed by atoms with E-state index in [-0.39, 0.29) is 29.9 Å². The first-order valence-corrected chi connectivity index (χ1v) is 9.33. The van der Waals surface area contributed by atoms with Gasteiger partial charge in [-0.05, 0) is 37.1 Å². The number of hydrogen-bond acceptors (Lipinski definition) is 4. The highest BCUT2D eigenvalue weighted by Crippen LogP contribution is 2.52. The van der Waals surface area contributed by atoms with Crippen LogP contribution in [0.1, 0.15) is 19.8 Å². The third kappa shape index (κ3) is 2.56. The highest BCUT2D eigenvalue weighted by molar-refractivity contribution is 6.03. The van der Waals surface area contributed by atoms with Gasteiger partial charge < -0.3 is 20.3 Å². The predicted octanol–water partition coefficient (Wildman–Crippen LogP) is 1.21. The minimum Gasteiger partial charge on any atom is -0.360 e. The maximum atomic E-state index is 13.2. The second-order valence-corrected chi connectivity index (χ2v) is 7.84. The van der Waals surface area contributed by atoms with Crippen LogP contribution in [0.5, 0.6) is 0 Å². The Morgan fingerprint density at radius 2 is 1.96 bits per heavy atom. The van der Waals surface area contributed by atoms with Gasteiger partial charge in [-0.15, -0.1) is 0 Å². The average Bonchev–Trinajstić information content (AvgIpc) is 3.16. The molecule has 5 rings (SSSR count). The zero-order chi connectivity index (χ0) is 18.8. The molecule has 2 bridgehead atoms. The zero-order valence-electron chi connectivity index (χ0n) is 15.0. The highest BCUT2D eigenvalue weighted by atomic mass is 16.5. The van der Waals surface area contributed by atoms with Crippen molar-refractivity contribution in [3.8, 4) is 0 Å². The molecule has 1 spiro atoms. The molecule has 140 valence electrons. The van der Waals surface area contributed by atoms with Crippen LogP contribution < -0.4 is 15.5 Å². The molecular weight excluding hydrogens is 346 g/mol. The van der Waals surface area contributed by atoms with E-state index in [1.165, 1.54) is 6.92 Å². The second kappa shape index (κ2) is 5.66. The van der Waals surface area contributed by atoms with Crippen molar-refractivity contribution in [1.29, 1.82) is 0 Å². The van der Waals surface area contributed by atoms with E-state index in [0.717, 1.165) is 18.5 Å². The van der Waals surface area contributed by atoms with Gasteiger partial charge >= 0.3 is 0 Å². The molecule has 1 aromatic rings. The van der Waals surface area contributed by atoms with Gasteiger partial charge in [0, 0.05) is 24.3 Å². The van der Waals surface area contributed by atoms with Crippen LogP contribution in [-0.4, -0.2) is 42.0 Å². The molecule has 3 amide bonds. The van der Waals surface area contributed by atoms with Crippen LogP contribution in [0.3, 0.4) is 0 Å². The lowest BCUT2D eigenvalue weighted by Gasteiger charge is -2.23. The van der Waals surface area contributed by atoms with Crippen molar-refractivity contribution < 1.29 is 19.1 Å². The van der Waals surface area contributed by atoms with Gasteiger partial charge in [-0.1, -0.05) is 12.2 Å². The normalized spacial score (nSPS) is 33.3. The Labute approximate surface area is 156 Å². The summed E-state index contributed by atoms with van der Waals surface area (Å²) in [5.41, 5.74) is 0.693. The fraction of sp³-hybridized carbons (Fsp3) is 0.450. The summed E-state index contributed by atoms with van der Waals surface area (Å²) in [5, 5.41) is 5.74. The summed E-state index contributed by atoms with van der Waals surface area (Å²) < 4.78 is 6.13. The monoisotopic (exact) mass is 367 g/mol. The second-order valence-electron chi connectivity index (χ2n) is 7.84. The number of carbonyl (C=O) groups is 3. The van der Waals surface area contributed by atoms with Gasteiger partial charge in [0.25, 0.3) is 0 Å². The molecule has 4 aliphatic rings. The molecule has 7 nitrogen and oxygen atoms in total. The topological polar surface area (TPSA) is 87.7 Å². The smallest absolute Gasteiger partial charge is 0.234 e. The Morgan fingerprint density at radius 3 is 2.63 bits per heavy atom. The van der Waals surface area contributed by atoms with Gasteiger partial charge in [0.05, 0.1) is 24.5 Å². The van der Waals surface area contributed by atoms with E-state index in [4.69, 9.17) is 4.74 Å². The first-order valence-electron chi connectivity index (χ1n) is 9.33. The van der Waals surface area contributed by atoms with Crippen molar-refractivity contribution in [2.45, 2.75) is 37.5 Å². The van der Waals surface area contributed by atoms with Crippen LogP contribution in [0.2, 0.25) is 0 Å². The summed E-state index contributed by atoms with van der Waals surface area (Å²) in [5.74, 6) is -1.25. The van der Waals surface area contributed by atoms with Crippen LogP contribution in [-0.2, 0) is 19.1 Å². The Hall–Kier alpha value is -2.67. The number of benzene rings is 1. The summed E-state index contributed by atoms with van der Waals surface area (Å²) in [6.07, 6.45) is 5.58. The third-order valence-electron chi connectivity index (χ3n) is 5.83. The van der Waals surface area contributed by atoms with Crippen LogP contribution in [0.15, 0.2) is 36.4 Å². The molecule has 1 aromatic carbocycles. The number of nitrogens with one attached hydrogen (secondary N) is 2. The number of nitrogens with zero attached hydrogens (tertiary/aromatic N) is 1. The summed E-state index contributed by atoms with van der Waals surface area (Å²) in [6.45, 7) is 1.85. The largest absolute Gasteiger partial charge is 0.360 e. The number of hydrogen-bond donors (Lipinski definition) is 2. The van der Waals surface area contributed by atoms with Crippen molar-refractivity contribution in [2.24, 2.45) is 11.8 Å². The zero-order valence-corrected chi connectivity index (χ0v) is 15.0. The first-order chi connectivity index (χ1) is 13.0. The molecule has 3 heterocycles. The summed E-state index contributed by atoms with van der Waals surface area (Å²) >= 11 is 0. The third-order valence-corrected chi connectivity index (χ3v) is 5.83. The molecule has 1 aliphatic carbocycles. The van der Waals surface area contributed by atoms with E-state index in [9.17, 15) is 14.4 Å². The summed E-state index contributed by atoms with van der Waals surface area (Å²) in [6, 6.07) is 7.39. The Morgan fingerprint density at radius 1 is 1.22 bits per heavy atom. The fourth-order valence-corrected chi connectivity index (χ4v) is 4.47. The summed E-state index contributed by atoms with van der Waals surface area (Å²) in [7, 11) is 0. The SMILES string of the molecule is CC(=O)Nc1ccc(N2C[C@]34C=C[C@H](O3)[C@@H](C(=O)NC3CC3)[C@H]4C2=O)cc1. The molecule has 3 aliphatic heterocycles. The Kier molecular flexibility index (Phi) is 3.46. The van der Waals surface area contributed by atoms with Crippen molar-refractivity contribution in [3.05, 3.63) is 36.4 Å². The van der Waals surface area contributed by atoms with Gasteiger partial charge in [-0.2, -0.15) is 0 Å². The molecule has 27 heavy (non-hydrogen) atoms. The maximum absolute atomic E-state index is 13.2. The Balaban J connectivity index is 1.40. The van der Waals surface area contributed by atoms with Gasteiger partial charge in [0.1, 0.15) is 5.60 Å². The predicted molar refractivity (Wildman–Crippen MR) is 98.0 cm³/mol. The molecule has 1 saturated carbocycles. The molecule has 0 aromatic heterocycles. The quantitative estimate of drug-likeness (QED) is 0.783. The van der Waals surface area contributed by atoms with Crippen molar-refractivity contribution in [3.63, 3.8) is 0 Å². The lowest BCUT2D eigenvalue weighted by molar-refractivity contribution is -0.132. The molecule has 2 N–H and O–H groups in total. The highest BCUT2D eigenvalue weighted by Gasteiger charge is 2.67. The van der Waals surface area contributed by atoms with Crippen LogP contribution in [0, 0.1) is 11.8 Å². The first kappa shape index (κ1) is 16.5. The lowest BCUT2D eigenvalue weighted by atomic mass is 9.77. The number of anilines is 2. The van der Waals surface area contributed by atoms with E-state index in [2.05, 4.69) is 10.6 Å². The van der Waals surface area contributed by atoms with E-state index < -0.39 is 17.4 Å². The fourth-order valence-electron chi connectivity index (χ4n) is 4.47. The van der Waals surface area contributed by atoms with Crippen LogP contribution in [0.25, 0.3) is 0 Å². The van der Waals surface area contributed by atoms with Crippen LogP contribution >= 0.6 is 0 Å². The van der Waals surface area contributed by atoms with E-state index >= 15 is 0 Å². The molecule has 4 atom stereocenters. The van der Waals surface area contributed by atoms with Crippen molar-refractivity contribution >= 4 is 29.1 Å². The van der Waals surface area contributed by atoms with Crippen molar-refractivity contribution in [2.75, 3.05) is 16.8 Å². The van der Waals surface area contributed by atoms with Gasteiger partial charge in [0.15, 0.2) is 0 Å². The van der Waals surface area contributed by atoms with Gasteiger partial charge in [-0.3, -0.25) is 14.4 Å². The molecule has 3 fully saturated rings. The number of ether oxygens (including phenoxy) is 1. The minimum absolute atomic E-state index is 0.0741. The van der Waals surface area contributed by atoms with E-state index in [1.807, 2.05) is 12.2 Å². The number of carbonyl (C=O) groups excluding carboxylic acids is 3. The number of rotatable bonds is 4. The molecule has 7 heteroatoms. The molecule has 0 unspecified atom stereocenters. The van der Waals surface area contributed by atoms with Crippen LogP contribution in [0.4, 0.5) is 11.4 Å². The number of fused-ring (bicyclic) bond motifs is 1. The average molecular weight is 367 g/mol. The standard InChI is InChI=1S/C20H21N3O4/c1-11(24)21-12-4-6-14(7-5-12)23-10-20-9-8-15(27-20)16(17(20)19(23)26)18(25)22-13-2-3-13/h4-9,13,15-17H,2-3,10H2,1H3,(H,21,24)(H,22,25)/t15-,16+,17-,20-/m0/s1. The van der Waals surface area contributed by atoms with E-state index in [1.54, 1.807) is 29.2 Å². The van der Waals surface area contributed by atoms with Gasteiger partial charge in [0.2, 0.25) is 17.7 Å². The summed E-state index contributed by atoms with van der Waals surface area (Å²) in [4.78, 5) is 38.8. The maximum Gasteiger partial charge on any atom is 0.234 e. The Bertz CT molecular complexity index is 860. The minimum atomic E-state index is -0.719. The number of amides is 3. The van der Waals surface area contributed by atoms with E-state index in [0.29, 0.717) is 12.2 Å². The molecular formula is C20H21N3O4.